The average Bonchev–Trinajstić information content (AvgIpc) is 3.48. The molecule has 0 spiro atoms. The van der Waals surface area contributed by atoms with E-state index in [9.17, 15) is 5.26 Å². The van der Waals surface area contributed by atoms with E-state index < -0.39 is 0 Å². The summed E-state index contributed by atoms with van der Waals surface area (Å²) in [5.41, 5.74) is 12.9. The van der Waals surface area contributed by atoms with Gasteiger partial charge >= 0.3 is 0 Å². The van der Waals surface area contributed by atoms with Crippen LogP contribution in [0.25, 0.3) is 60.9 Å². The maximum atomic E-state index is 9.91. The standard InChI is InChI=1S/C46H32N2O/c1-46(2)40-15-9-10-16-44(40)49-45-22-19-34(28-41(45)46)33-18-21-43-39(27-33)38-23-30(29-47)17-20-42(38)48(43)37-25-35(31-11-5-3-6-12-31)24-36(26-37)32-13-7-4-8-14-32/h3-28H,1-2H3. The molecular formula is C46H32N2O. The third-order valence-electron chi connectivity index (χ3n) is 10.1. The van der Waals surface area contributed by atoms with Gasteiger partial charge in [0, 0.05) is 33.0 Å². The first kappa shape index (κ1) is 28.8. The van der Waals surface area contributed by atoms with Crippen molar-refractivity contribution in [2.75, 3.05) is 0 Å². The Morgan fingerprint density at radius 2 is 1.06 bits per heavy atom. The first-order valence-corrected chi connectivity index (χ1v) is 16.6. The van der Waals surface area contributed by atoms with Crippen LogP contribution in [0.5, 0.6) is 11.5 Å². The lowest BCUT2D eigenvalue weighted by Crippen LogP contribution is -2.24. The molecule has 2 heterocycles. The number of para-hydroxylation sites is 1. The van der Waals surface area contributed by atoms with Crippen LogP contribution in [0.3, 0.4) is 0 Å². The number of hydrogen-bond donors (Lipinski definition) is 0. The minimum atomic E-state index is -0.206. The Kier molecular flexibility index (Phi) is 6.54. The summed E-state index contributed by atoms with van der Waals surface area (Å²) in [5.74, 6) is 1.82. The second-order valence-electron chi connectivity index (χ2n) is 13.3. The monoisotopic (exact) mass is 628 g/mol. The molecule has 0 unspecified atom stereocenters. The van der Waals surface area contributed by atoms with E-state index in [1.807, 2.05) is 24.3 Å². The molecule has 0 aliphatic carbocycles. The summed E-state index contributed by atoms with van der Waals surface area (Å²) in [6.07, 6.45) is 0. The Hall–Kier alpha value is -6.37. The third kappa shape index (κ3) is 4.73. The number of nitrogens with zero attached hydrogens (tertiary/aromatic N) is 2. The minimum absolute atomic E-state index is 0.206. The largest absolute Gasteiger partial charge is 0.457 e. The molecule has 0 radical (unpaired) electrons. The molecule has 1 aliphatic heterocycles. The Morgan fingerprint density at radius 1 is 0.490 bits per heavy atom. The average molecular weight is 629 g/mol. The van der Waals surface area contributed by atoms with Crippen LogP contribution in [-0.2, 0) is 5.41 Å². The van der Waals surface area contributed by atoms with Crippen LogP contribution in [0.2, 0.25) is 0 Å². The Bertz CT molecular complexity index is 2550. The highest BCUT2D eigenvalue weighted by Gasteiger charge is 2.34. The molecule has 7 aromatic carbocycles. The summed E-state index contributed by atoms with van der Waals surface area (Å²) in [4.78, 5) is 0. The third-order valence-corrected chi connectivity index (χ3v) is 10.1. The van der Waals surface area contributed by atoms with Crippen LogP contribution >= 0.6 is 0 Å². The van der Waals surface area contributed by atoms with Gasteiger partial charge in [-0.05, 0) is 100 Å². The van der Waals surface area contributed by atoms with Crippen LogP contribution in [0.15, 0.2) is 158 Å². The fourth-order valence-electron chi connectivity index (χ4n) is 7.51. The van der Waals surface area contributed by atoms with Crippen LogP contribution in [-0.4, -0.2) is 4.57 Å². The molecule has 8 aromatic rings. The molecule has 1 aromatic heterocycles. The molecule has 0 N–H and O–H groups in total. The molecule has 0 saturated heterocycles. The van der Waals surface area contributed by atoms with E-state index in [1.54, 1.807) is 0 Å². The van der Waals surface area contributed by atoms with Gasteiger partial charge in [-0.3, -0.25) is 0 Å². The van der Waals surface area contributed by atoms with Crippen molar-refractivity contribution in [2.45, 2.75) is 19.3 Å². The van der Waals surface area contributed by atoms with E-state index in [1.165, 1.54) is 22.3 Å². The number of rotatable bonds is 4. The van der Waals surface area contributed by atoms with Gasteiger partial charge in [-0.1, -0.05) is 105 Å². The van der Waals surface area contributed by atoms with Gasteiger partial charge < -0.3 is 9.30 Å². The van der Waals surface area contributed by atoms with Gasteiger partial charge in [-0.15, -0.1) is 0 Å². The van der Waals surface area contributed by atoms with Crippen molar-refractivity contribution in [3.05, 3.63) is 174 Å². The molecule has 0 saturated carbocycles. The SMILES string of the molecule is CC1(C)c2ccccc2Oc2ccc(-c3ccc4c(c3)c3cc(C#N)ccc3n4-c3cc(-c4ccccc4)cc(-c4ccccc4)c3)cc21. The number of nitriles is 1. The van der Waals surface area contributed by atoms with Gasteiger partial charge in [0.25, 0.3) is 0 Å². The number of hydrogen-bond acceptors (Lipinski definition) is 2. The molecule has 3 nitrogen and oxygen atoms in total. The number of benzene rings is 7. The predicted molar refractivity (Wildman–Crippen MR) is 200 cm³/mol. The maximum absolute atomic E-state index is 9.91. The van der Waals surface area contributed by atoms with Gasteiger partial charge in [0.05, 0.1) is 22.7 Å². The smallest absolute Gasteiger partial charge is 0.131 e. The first-order valence-electron chi connectivity index (χ1n) is 16.6. The highest BCUT2D eigenvalue weighted by Crippen LogP contribution is 2.49. The molecule has 0 amide bonds. The van der Waals surface area contributed by atoms with E-state index in [4.69, 9.17) is 4.74 Å². The van der Waals surface area contributed by atoms with Gasteiger partial charge in [-0.25, -0.2) is 0 Å². The van der Waals surface area contributed by atoms with E-state index in [-0.39, 0.29) is 5.41 Å². The Morgan fingerprint density at radius 3 is 1.76 bits per heavy atom. The molecule has 0 atom stereocenters. The highest BCUT2D eigenvalue weighted by atomic mass is 16.5. The zero-order valence-electron chi connectivity index (χ0n) is 27.3. The highest BCUT2D eigenvalue weighted by molar-refractivity contribution is 6.11. The second kappa shape index (κ2) is 11.1. The molecular weight excluding hydrogens is 597 g/mol. The Balaban J connectivity index is 1.25. The van der Waals surface area contributed by atoms with E-state index in [0.29, 0.717) is 5.56 Å². The number of ether oxygens (including phenoxy) is 1. The first-order chi connectivity index (χ1) is 24.0. The maximum Gasteiger partial charge on any atom is 0.131 e. The van der Waals surface area contributed by atoms with Crippen molar-refractivity contribution in [3.8, 4) is 56.6 Å². The van der Waals surface area contributed by atoms with Crippen molar-refractivity contribution in [2.24, 2.45) is 0 Å². The summed E-state index contributed by atoms with van der Waals surface area (Å²) < 4.78 is 8.70. The van der Waals surface area contributed by atoms with Crippen LogP contribution in [0, 0.1) is 11.3 Å². The molecule has 9 rings (SSSR count). The van der Waals surface area contributed by atoms with Gasteiger partial charge in [0.2, 0.25) is 0 Å². The lowest BCUT2D eigenvalue weighted by Gasteiger charge is -2.34. The molecule has 1 aliphatic rings. The molecule has 0 bridgehead atoms. The minimum Gasteiger partial charge on any atom is -0.457 e. The van der Waals surface area contributed by atoms with Crippen molar-refractivity contribution in [3.63, 3.8) is 0 Å². The van der Waals surface area contributed by atoms with Crippen LogP contribution in [0.4, 0.5) is 0 Å². The van der Waals surface area contributed by atoms with Crippen molar-refractivity contribution in [1.82, 2.24) is 4.57 Å². The number of fused-ring (bicyclic) bond motifs is 5. The topological polar surface area (TPSA) is 37.9 Å². The normalized spacial score (nSPS) is 13.0. The van der Waals surface area contributed by atoms with Crippen molar-refractivity contribution in [1.29, 1.82) is 5.26 Å². The number of aromatic nitrogens is 1. The second-order valence-corrected chi connectivity index (χ2v) is 13.3. The van der Waals surface area contributed by atoms with Gasteiger partial charge in [0.1, 0.15) is 11.5 Å². The van der Waals surface area contributed by atoms with Crippen molar-refractivity contribution >= 4 is 21.8 Å². The van der Waals surface area contributed by atoms with Gasteiger partial charge in [-0.2, -0.15) is 5.26 Å². The predicted octanol–water partition coefficient (Wildman–Crippen LogP) is 12.1. The molecule has 49 heavy (non-hydrogen) atoms. The summed E-state index contributed by atoms with van der Waals surface area (Å²) >= 11 is 0. The summed E-state index contributed by atoms with van der Waals surface area (Å²) in [5, 5.41) is 12.1. The quantitative estimate of drug-likeness (QED) is 0.194. The summed E-state index contributed by atoms with van der Waals surface area (Å²) in [7, 11) is 0. The van der Waals surface area contributed by atoms with E-state index in [2.05, 4.69) is 158 Å². The fourth-order valence-corrected chi connectivity index (χ4v) is 7.51. The summed E-state index contributed by atoms with van der Waals surface area (Å²) in [6.45, 7) is 4.54. The molecule has 232 valence electrons. The summed E-state index contributed by atoms with van der Waals surface area (Å²) in [6, 6.07) is 57.9. The zero-order valence-corrected chi connectivity index (χ0v) is 27.3. The lowest BCUT2D eigenvalue weighted by molar-refractivity contribution is 0.418. The fraction of sp³-hybridized carbons (Fsp3) is 0.0652. The van der Waals surface area contributed by atoms with Crippen LogP contribution in [0.1, 0.15) is 30.5 Å². The Labute approximate surface area is 285 Å². The van der Waals surface area contributed by atoms with Crippen molar-refractivity contribution < 1.29 is 4.74 Å². The molecule has 0 fully saturated rings. The zero-order chi connectivity index (χ0) is 33.1. The lowest BCUT2D eigenvalue weighted by atomic mass is 9.75. The van der Waals surface area contributed by atoms with Gasteiger partial charge in [0.15, 0.2) is 0 Å². The molecule has 3 heteroatoms. The van der Waals surface area contributed by atoms with Crippen LogP contribution < -0.4 is 4.74 Å². The van der Waals surface area contributed by atoms with E-state index >= 15 is 0 Å². The van der Waals surface area contributed by atoms with E-state index in [0.717, 1.165) is 61.2 Å².